The molecule has 0 unspecified atom stereocenters. The van der Waals surface area contributed by atoms with Gasteiger partial charge in [-0.25, -0.2) is 0 Å². The van der Waals surface area contributed by atoms with Gasteiger partial charge in [-0.2, -0.15) is 0 Å². The number of carbonyl (C=O) groups is 3. The lowest BCUT2D eigenvalue weighted by Gasteiger charge is -2.18. The molecule has 2 aromatic rings. The van der Waals surface area contributed by atoms with Crippen LogP contribution in [0.4, 0.5) is 11.4 Å². The van der Waals surface area contributed by atoms with E-state index in [9.17, 15) is 14.4 Å². The molecule has 1 fully saturated rings. The minimum absolute atomic E-state index is 0.152. The van der Waals surface area contributed by atoms with Crippen LogP contribution in [0.15, 0.2) is 47.4 Å². The summed E-state index contributed by atoms with van der Waals surface area (Å²) in [6.45, 7) is 5.98. The molecule has 0 spiro atoms. The fourth-order valence-electron chi connectivity index (χ4n) is 3.81. The lowest BCUT2D eigenvalue weighted by atomic mass is 10.1. The number of fused-ring (bicyclic) bond motifs is 1. The van der Waals surface area contributed by atoms with E-state index in [1.807, 2.05) is 51.1 Å². The van der Waals surface area contributed by atoms with Crippen molar-refractivity contribution in [1.82, 2.24) is 4.90 Å². The van der Waals surface area contributed by atoms with E-state index in [-0.39, 0.29) is 24.3 Å². The Balaban J connectivity index is 1.67. The van der Waals surface area contributed by atoms with Gasteiger partial charge in [0.1, 0.15) is 10.9 Å². The normalized spacial score (nSPS) is 18.1. The summed E-state index contributed by atoms with van der Waals surface area (Å²) in [5, 5.41) is 2.92. The number of nitrogens with zero attached hydrogens (tertiary/aromatic N) is 2. The number of anilines is 2. The summed E-state index contributed by atoms with van der Waals surface area (Å²) in [5.74, 6) is -0.935. The second kappa shape index (κ2) is 8.28. The summed E-state index contributed by atoms with van der Waals surface area (Å²) >= 11 is 6.45. The van der Waals surface area contributed by atoms with Crippen molar-refractivity contribution in [3.8, 4) is 0 Å². The van der Waals surface area contributed by atoms with Gasteiger partial charge >= 0.3 is 0 Å². The summed E-state index contributed by atoms with van der Waals surface area (Å²) in [5.41, 5.74) is 4.21. The third-order valence-corrected chi connectivity index (χ3v) is 6.81. The van der Waals surface area contributed by atoms with Crippen molar-refractivity contribution in [3.63, 3.8) is 0 Å². The highest BCUT2D eigenvalue weighted by molar-refractivity contribution is 8.26. The van der Waals surface area contributed by atoms with Gasteiger partial charge in [0, 0.05) is 17.8 Å². The molecule has 8 heteroatoms. The summed E-state index contributed by atoms with van der Waals surface area (Å²) in [7, 11) is 0. The second-order valence-corrected chi connectivity index (χ2v) is 8.99. The zero-order valence-electron chi connectivity index (χ0n) is 17.4. The SMILES string of the molecule is CCN1C(=O)C(=C2C(=O)N(CC(=O)Nc3c(C)cccc3C)c3ccccc32)SC1=S. The van der Waals surface area contributed by atoms with Gasteiger partial charge in [-0.05, 0) is 38.0 Å². The zero-order chi connectivity index (χ0) is 22.3. The van der Waals surface area contributed by atoms with E-state index < -0.39 is 0 Å². The van der Waals surface area contributed by atoms with Gasteiger partial charge in [0.05, 0.1) is 16.2 Å². The predicted octanol–water partition coefficient (Wildman–Crippen LogP) is 3.88. The van der Waals surface area contributed by atoms with Gasteiger partial charge < -0.3 is 5.32 Å². The highest BCUT2D eigenvalue weighted by Gasteiger charge is 2.41. The van der Waals surface area contributed by atoms with Crippen molar-refractivity contribution < 1.29 is 14.4 Å². The monoisotopic (exact) mass is 451 g/mol. The topological polar surface area (TPSA) is 69.7 Å². The van der Waals surface area contributed by atoms with Crippen molar-refractivity contribution in [2.45, 2.75) is 20.8 Å². The Morgan fingerprint density at radius 3 is 2.32 bits per heavy atom. The fraction of sp³-hybridized carbons (Fsp3) is 0.217. The number of thioether (sulfide) groups is 1. The highest BCUT2D eigenvalue weighted by atomic mass is 32.2. The Bertz CT molecular complexity index is 1150. The summed E-state index contributed by atoms with van der Waals surface area (Å²) in [4.78, 5) is 42.3. The van der Waals surface area contributed by atoms with E-state index in [4.69, 9.17) is 12.2 Å². The molecule has 0 aromatic heterocycles. The number of hydrogen-bond donors (Lipinski definition) is 1. The molecule has 0 saturated carbocycles. The molecule has 4 rings (SSSR count). The summed E-state index contributed by atoms with van der Waals surface area (Å²) in [6, 6.07) is 13.0. The van der Waals surface area contributed by atoms with E-state index in [2.05, 4.69) is 5.32 Å². The van der Waals surface area contributed by atoms with Crippen molar-refractivity contribution >= 4 is 63.0 Å². The summed E-state index contributed by atoms with van der Waals surface area (Å²) < 4.78 is 0.437. The number of benzene rings is 2. The first-order valence-electron chi connectivity index (χ1n) is 9.88. The summed E-state index contributed by atoms with van der Waals surface area (Å²) in [6.07, 6.45) is 0. The maximum absolute atomic E-state index is 13.4. The second-order valence-electron chi connectivity index (χ2n) is 7.34. The minimum Gasteiger partial charge on any atom is -0.324 e. The Morgan fingerprint density at radius 2 is 1.68 bits per heavy atom. The molecular weight excluding hydrogens is 430 g/mol. The van der Waals surface area contributed by atoms with Crippen molar-refractivity contribution in [3.05, 3.63) is 64.1 Å². The number of rotatable bonds is 4. The maximum Gasteiger partial charge on any atom is 0.266 e. The number of thiocarbonyl (C=S) groups is 1. The fourth-order valence-corrected chi connectivity index (χ4v) is 5.27. The van der Waals surface area contributed by atoms with E-state index in [0.717, 1.165) is 28.6 Å². The number of aryl methyl sites for hydroxylation is 2. The molecule has 2 aromatic carbocycles. The minimum atomic E-state index is -0.366. The Hall–Kier alpha value is -2.97. The molecule has 1 N–H and O–H groups in total. The van der Waals surface area contributed by atoms with Crippen molar-refractivity contribution in [1.29, 1.82) is 0 Å². The molecule has 3 amide bonds. The third kappa shape index (κ3) is 3.66. The van der Waals surface area contributed by atoms with Gasteiger partial charge in [-0.1, -0.05) is 60.4 Å². The van der Waals surface area contributed by atoms with Gasteiger partial charge in [0.2, 0.25) is 5.91 Å². The van der Waals surface area contributed by atoms with Crippen molar-refractivity contribution in [2.75, 3.05) is 23.3 Å². The molecule has 6 nitrogen and oxygen atoms in total. The molecule has 2 aliphatic rings. The van der Waals surface area contributed by atoms with E-state index >= 15 is 0 Å². The first-order chi connectivity index (χ1) is 14.8. The average molecular weight is 452 g/mol. The Labute approximate surface area is 190 Å². The standard InChI is InChI=1S/C23H21N3O3S2/c1-4-25-22(29)20(31-23(25)30)18-15-10-5-6-11-16(15)26(21(18)28)12-17(27)24-19-13(2)8-7-9-14(19)3/h5-11H,4,12H2,1-3H3,(H,24,27). The Kier molecular flexibility index (Phi) is 5.68. The number of amides is 3. The lowest BCUT2D eigenvalue weighted by Crippen LogP contribution is -2.36. The zero-order valence-corrected chi connectivity index (χ0v) is 19.0. The molecule has 31 heavy (non-hydrogen) atoms. The number of likely N-dealkylation sites (N-methyl/N-ethyl adjacent to an activating group) is 1. The molecule has 0 radical (unpaired) electrons. The van der Waals surface area contributed by atoms with Gasteiger partial charge in [0.15, 0.2) is 0 Å². The molecule has 0 atom stereocenters. The third-order valence-electron chi connectivity index (χ3n) is 5.36. The van der Waals surface area contributed by atoms with Crippen LogP contribution in [0.3, 0.4) is 0 Å². The molecule has 1 saturated heterocycles. The van der Waals surface area contributed by atoms with E-state index in [0.29, 0.717) is 32.6 Å². The van der Waals surface area contributed by atoms with Crippen LogP contribution >= 0.6 is 24.0 Å². The van der Waals surface area contributed by atoms with E-state index in [1.54, 1.807) is 12.1 Å². The molecular formula is C23H21N3O3S2. The van der Waals surface area contributed by atoms with Crippen LogP contribution in [0.25, 0.3) is 5.57 Å². The van der Waals surface area contributed by atoms with Crippen LogP contribution in [-0.2, 0) is 14.4 Å². The van der Waals surface area contributed by atoms with Crippen LogP contribution in [0.5, 0.6) is 0 Å². The van der Waals surface area contributed by atoms with Gasteiger partial charge in [-0.3, -0.25) is 24.2 Å². The number of nitrogens with one attached hydrogen (secondary N) is 1. The van der Waals surface area contributed by atoms with Crippen LogP contribution < -0.4 is 10.2 Å². The quantitative estimate of drug-likeness (QED) is 0.564. The van der Waals surface area contributed by atoms with Gasteiger partial charge in [-0.15, -0.1) is 0 Å². The van der Waals surface area contributed by atoms with Crippen LogP contribution in [0.1, 0.15) is 23.6 Å². The number of carbonyl (C=O) groups excluding carboxylic acids is 3. The van der Waals surface area contributed by atoms with Crippen molar-refractivity contribution in [2.24, 2.45) is 0 Å². The maximum atomic E-state index is 13.4. The first-order valence-corrected chi connectivity index (χ1v) is 11.1. The smallest absolute Gasteiger partial charge is 0.266 e. The van der Waals surface area contributed by atoms with Crippen LogP contribution in [0.2, 0.25) is 0 Å². The molecule has 2 heterocycles. The van der Waals surface area contributed by atoms with Crippen LogP contribution in [-0.4, -0.2) is 40.0 Å². The van der Waals surface area contributed by atoms with Gasteiger partial charge in [0.25, 0.3) is 11.8 Å². The largest absolute Gasteiger partial charge is 0.324 e. The molecule has 0 bridgehead atoms. The van der Waals surface area contributed by atoms with Crippen LogP contribution in [0, 0.1) is 13.8 Å². The number of hydrogen-bond acceptors (Lipinski definition) is 5. The lowest BCUT2D eigenvalue weighted by molar-refractivity contribution is -0.122. The van der Waals surface area contributed by atoms with E-state index in [1.165, 1.54) is 9.80 Å². The number of para-hydroxylation sites is 2. The highest BCUT2D eigenvalue weighted by Crippen LogP contribution is 2.44. The first kappa shape index (κ1) is 21.3. The molecule has 0 aliphatic carbocycles. The molecule has 2 aliphatic heterocycles. The Morgan fingerprint density at radius 1 is 1.00 bits per heavy atom. The predicted molar refractivity (Wildman–Crippen MR) is 128 cm³/mol. The average Bonchev–Trinajstić information content (AvgIpc) is 3.17. The molecule has 158 valence electrons.